The molecule has 1 aromatic rings. The van der Waals surface area contributed by atoms with Crippen LogP contribution >= 0.6 is 0 Å². The maximum Gasteiger partial charge on any atom is 0.240 e. The average Bonchev–Trinajstić information content (AvgIpc) is 2.45. The fourth-order valence-corrected chi connectivity index (χ4v) is 2.29. The molecular weight excluding hydrogens is 256 g/mol. The fourth-order valence-electron chi connectivity index (χ4n) is 2.29. The van der Waals surface area contributed by atoms with Crippen molar-refractivity contribution in [3.63, 3.8) is 0 Å². The maximum atomic E-state index is 12.2. The van der Waals surface area contributed by atoms with Crippen molar-refractivity contribution in [1.29, 1.82) is 0 Å². The molecule has 2 rings (SSSR count). The molecule has 6 nitrogen and oxygen atoms in total. The van der Waals surface area contributed by atoms with Gasteiger partial charge in [-0.2, -0.15) is 0 Å². The van der Waals surface area contributed by atoms with Gasteiger partial charge < -0.3 is 20.3 Å². The molecule has 0 bridgehead atoms. The van der Waals surface area contributed by atoms with Crippen LogP contribution in [0.15, 0.2) is 18.3 Å². The van der Waals surface area contributed by atoms with Gasteiger partial charge >= 0.3 is 0 Å². The van der Waals surface area contributed by atoms with E-state index in [9.17, 15) is 4.79 Å². The molecule has 2 heterocycles. The van der Waals surface area contributed by atoms with Gasteiger partial charge in [0.1, 0.15) is 11.9 Å². The Bertz CT molecular complexity index is 464. The molecule has 110 valence electrons. The molecule has 0 aliphatic carbocycles. The van der Waals surface area contributed by atoms with Crippen LogP contribution in [0.3, 0.4) is 0 Å². The molecule has 1 aliphatic heterocycles. The molecule has 2 N–H and O–H groups in total. The predicted molar refractivity (Wildman–Crippen MR) is 77.6 cm³/mol. The molecule has 1 saturated heterocycles. The summed E-state index contributed by atoms with van der Waals surface area (Å²) in [5.41, 5.74) is 0.996. The van der Waals surface area contributed by atoms with Gasteiger partial charge in [0.2, 0.25) is 5.91 Å². The molecule has 0 saturated carbocycles. The summed E-state index contributed by atoms with van der Waals surface area (Å²) in [6.45, 7) is 3.73. The summed E-state index contributed by atoms with van der Waals surface area (Å²) >= 11 is 0. The van der Waals surface area contributed by atoms with Gasteiger partial charge in [-0.3, -0.25) is 4.79 Å². The number of rotatable bonds is 4. The molecule has 1 fully saturated rings. The number of nitrogens with one attached hydrogen (secondary N) is 2. The van der Waals surface area contributed by atoms with Crippen LogP contribution in [0.4, 0.5) is 5.82 Å². The third-order valence-electron chi connectivity index (χ3n) is 3.34. The zero-order valence-electron chi connectivity index (χ0n) is 12.2. The molecule has 6 heteroatoms. The number of amides is 1. The smallest absolute Gasteiger partial charge is 0.240 e. The van der Waals surface area contributed by atoms with Crippen LogP contribution < -0.4 is 15.5 Å². The highest BCUT2D eigenvalue weighted by Gasteiger charge is 2.28. The quantitative estimate of drug-likeness (QED) is 0.820. The average molecular weight is 278 g/mol. The monoisotopic (exact) mass is 278 g/mol. The first kappa shape index (κ1) is 14.7. The van der Waals surface area contributed by atoms with E-state index in [-0.39, 0.29) is 18.1 Å². The number of nitrogens with zero attached hydrogens (tertiary/aromatic N) is 2. The number of carbonyl (C=O) groups is 1. The zero-order valence-corrected chi connectivity index (χ0v) is 12.2. The van der Waals surface area contributed by atoms with E-state index >= 15 is 0 Å². The van der Waals surface area contributed by atoms with E-state index in [2.05, 4.69) is 15.6 Å². The summed E-state index contributed by atoms with van der Waals surface area (Å²) in [7, 11) is 3.87. The molecule has 1 amide bonds. The van der Waals surface area contributed by atoms with Gasteiger partial charge in [0.15, 0.2) is 0 Å². The van der Waals surface area contributed by atoms with Gasteiger partial charge in [-0.15, -0.1) is 0 Å². The number of morpholine rings is 1. The summed E-state index contributed by atoms with van der Waals surface area (Å²) in [4.78, 5) is 18.4. The van der Waals surface area contributed by atoms with Gasteiger partial charge in [0, 0.05) is 38.9 Å². The van der Waals surface area contributed by atoms with Gasteiger partial charge in [-0.1, -0.05) is 6.07 Å². The van der Waals surface area contributed by atoms with E-state index in [4.69, 9.17) is 4.74 Å². The predicted octanol–water partition coefficient (Wildman–Crippen LogP) is 0.141. The fraction of sp³-hybridized carbons (Fsp3) is 0.571. The van der Waals surface area contributed by atoms with Crippen LogP contribution in [-0.2, 0) is 16.1 Å². The van der Waals surface area contributed by atoms with Crippen LogP contribution in [0, 0.1) is 0 Å². The van der Waals surface area contributed by atoms with E-state index in [1.165, 1.54) is 0 Å². The normalized spacial score (nSPS) is 22.4. The molecule has 0 radical (unpaired) electrons. The minimum Gasteiger partial charge on any atom is -0.375 e. The van der Waals surface area contributed by atoms with Crippen molar-refractivity contribution < 1.29 is 9.53 Å². The molecule has 0 unspecified atom stereocenters. The Morgan fingerprint density at radius 3 is 3.10 bits per heavy atom. The van der Waals surface area contributed by atoms with Gasteiger partial charge in [-0.25, -0.2) is 4.98 Å². The van der Waals surface area contributed by atoms with E-state index in [1.807, 2.05) is 38.1 Å². The van der Waals surface area contributed by atoms with E-state index in [0.717, 1.165) is 11.4 Å². The topological polar surface area (TPSA) is 66.5 Å². The Kier molecular flexibility index (Phi) is 4.92. The van der Waals surface area contributed by atoms with Crippen LogP contribution in [0.5, 0.6) is 0 Å². The van der Waals surface area contributed by atoms with Gasteiger partial charge in [0.05, 0.1) is 12.7 Å². The van der Waals surface area contributed by atoms with Crippen molar-refractivity contribution in [3.8, 4) is 0 Å². The van der Waals surface area contributed by atoms with Crippen LogP contribution in [-0.4, -0.2) is 50.3 Å². The number of aromatic nitrogens is 1. The molecule has 0 spiro atoms. The highest BCUT2D eigenvalue weighted by molar-refractivity contribution is 5.82. The molecular formula is C14H22N4O2. The Balaban J connectivity index is 1.96. The summed E-state index contributed by atoms with van der Waals surface area (Å²) in [5.74, 6) is 0.833. The lowest BCUT2D eigenvalue weighted by Gasteiger charge is -2.29. The maximum absolute atomic E-state index is 12.2. The lowest BCUT2D eigenvalue weighted by molar-refractivity contribution is -0.129. The van der Waals surface area contributed by atoms with E-state index in [0.29, 0.717) is 19.7 Å². The summed E-state index contributed by atoms with van der Waals surface area (Å²) < 4.78 is 5.48. The van der Waals surface area contributed by atoms with Crippen molar-refractivity contribution in [2.75, 3.05) is 32.1 Å². The molecule has 20 heavy (non-hydrogen) atoms. The standard InChI is InChI=1S/C14H22N4O2/c1-10-12(15-7-8-20-10)14(19)17-9-11-5-4-6-16-13(11)18(2)3/h4-6,10,12,15H,7-9H2,1-3H3,(H,17,19)/t10-,12+/m1/s1. The Labute approximate surface area is 119 Å². The third kappa shape index (κ3) is 3.46. The first-order valence-electron chi connectivity index (χ1n) is 6.83. The second kappa shape index (κ2) is 6.67. The highest BCUT2D eigenvalue weighted by atomic mass is 16.5. The minimum atomic E-state index is -0.289. The van der Waals surface area contributed by atoms with Gasteiger partial charge in [-0.05, 0) is 13.0 Å². The van der Waals surface area contributed by atoms with Crippen molar-refractivity contribution in [1.82, 2.24) is 15.6 Å². The Morgan fingerprint density at radius 1 is 1.60 bits per heavy atom. The number of ether oxygens (including phenoxy) is 1. The summed E-state index contributed by atoms with van der Waals surface area (Å²) in [6, 6.07) is 3.55. The lowest BCUT2D eigenvalue weighted by Crippen LogP contribution is -2.55. The van der Waals surface area contributed by atoms with Gasteiger partial charge in [0.25, 0.3) is 0 Å². The molecule has 1 aromatic heterocycles. The van der Waals surface area contributed by atoms with Crippen LogP contribution in [0.25, 0.3) is 0 Å². The number of carbonyl (C=O) groups excluding carboxylic acids is 1. The molecule has 0 aromatic carbocycles. The van der Waals surface area contributed by atoms with Crippen molar-refractivity contribution >= 4 is 11.7 Å². The lowest BCUT2D eigenvalue weighted by atomic mass is 10.1. The minimum absolute atomic E-state index is 0.0363. The van der Waals surface area contributed by atoms with Crippen molar-refractivity contribution in [2.45, 2.75) is 25.6 Å². The summed E-state index contributed by atoms with van der Waals surface area (Å²) in [6.07, 6.45) is 1.64. The second-order valence-corrected chi connectivity index (χ2v) is 5.11. The molecule has 2 atom stereocenters. The first-order valence-corrected chi connectivity index (χ1v) is 6.83. The largest absolute Gasteiger partial charge is 0.375 e. The van der Waals surface area contributed by atoms with E-state index < -0.39 is 0 Å². The van der Waals surface area contributed by atoms with Crippen molar-refractivity contribution in [3.05, 3.63) is 23.9 Å². The Morgan fingerprint density at radius 2 is 2.40 bits per heavy atom. The van der Waals surface area contributed by atoms with E-state index in [1.54, 1.807) is 6.20 Å². The Hall–Kier alpha value is -1.66. The first-order chi connectivity index (χ1) is 9.59. The zero-order chi connectivity index (χ0) is 14.5. The van der Waals surface area contributed by atoms with Crippen LogP contribution in [0.1, 0.15) is 12.5 Å². The van der Waals surface area contributed by atoms with Crippen LogP contribution in [0.2, 0.25) is 0 Å². The molecule has 1 aliphatic rings. The third-order valence-corrected chi connectivity index (χ3v) is 3.34. The SMILES string of the molecule is C[C@H]1OCCN[C@@H]1C(=O)NCc1cccnc1N(C)C. The highest BCUT2D eigenvalue weighted by Crippen LogP contribution is 2.14. The number of anilines is 1. The summed E-state index contributed by atoms with van der Waals surface area (Å²) in [5, 5.41) is 6.13. The number of pyridine rings is 1. The number of hydrogen-bond acceptors (Lipinski definition) is 5. The second-order valence-electron chi connectivity index (χ2n) is 5.11. The number of hydrogen-bond donors (Lipinski definition) is 2. The van der Waals surface area contributed by atoms with Crippen molar-refractivity contribution in [2.24, 2.45) is 0 Å².